The molecule has 1 atom stereocenters. The molecule has 17 heavy (non-hydrogen) atoms. The summed E-state index contributed by atoms with van der Waals surface area (Å²) >= 11 is 0. The predicted molar refractivity (Wildman–Crippen MR) is 75.2 cm³/mol. The predicted octanol–water partition coefficient (Wildman–Crippen LogP) is 1.41. The van der Waals surface area contributed by atoms with E-state index in [4.69, 9.17) is 0 Å². The summed E-state index contributed by atoms with van der Waals surface area (Å²) in [5.41, 5.74) is 0. The Hall–Kier alpha value is -0.290. The molecule has 1 aromatic rings. The maximum Gasteiger partial charge on any atom is 0.0536 e. The quantitative estimate of drug-likeness (QED) is 0.886. The summed E-state index contributed by atoms with van der Waals surface area (Å²) in [4.78, 5) is 2.57. The van der Waals surface area contributed by atoms with Crippen LogP contribution in [0.3, 0.4) is 0 Å². The van der Waals surface area contributed by atoms with Crippen LogP contribution in [0.5, 0.6) is 0 Å². The van der Waals surface area contributed by atoms with Gasteiger partial charge in [0.25, 0.3) is 0 Å². The van der Waals surface area contributed by atoms with E-state index in [1.807, 2.05) is 30.2 Å². The highest BCUT2D eigenvalue weighted by Crippen LogP contribution is 2.15. The number of halogens is 2. The zero-order valence-corrected chi connectivity index (χ0v) is 11.8. The average Bonchev–Trinajstić information content (AvgIpc) is 2.85. The van der Waals surface area contributed by atoms with Gasteiger partial charge in [-0.15, -0.1) is 24.8 Å². The molecule has 1 N–H and O–H groups in total. The second-order valence-electron chi connectivity index (χ2n) is 4.16. The molecule has 100 valence electrons. The van der Waals surface area contributed by atoms with Crippen LogP contribution < -0.4 is 5.32 Å². The van der Waals surface area contributed by atoms with Gasteiger partial charge in [0, 0.05) is 31.5 Å². The molecular weight excluding hydrogens is 259 g/mol. The Bertz CT molecular complexity index is 279. The van der Waals surface area contributed by atoms with Gasteiger partial charge in [-0.1, -0.05) is 0 Å². The fourth-order valence-electron chi connectivity index (χ4n) is 2.32. The van der Waals surface area contributed by atoms with Gasteiger partial charge in [0.15, 0.2) is 0 Å². The summed E-state index contributed by atoms with van der Waals surface area (Å²) in [5.74, 6) is 0. The molecule has 4 nitrogen and oxygen atoms in total. The molecule has 2 heterocycles. The van der Waals surface area contributed by atoms with E-state index >= 15 is 0 Å². The van der Waals surface area contributed by atoms with Crippen LogP contribution in [0.25, 0.3) is 0 Å². The van der Waals surface area contributed by atoms with E-state index < -0.39 is 0 Å². The van der Waals surface area contributed by atoms with Crippen molar-refractivity contribution in [3.63, 3.8) is 0 Å². The van der Waals surface area contributed by atoms with Crippen molar-refractivity contribution in [2.45, 2.75) is 25.4 Å². The third kappa shape index (κ3) is 4.84. The number of likely N-dealkylation sites (N-methyl/N-ethyl adjacent to an activating group) is 1. The van der Waals surface area contributed by atoms with Crippen LogP contribution in [0.4, 0.5) is 0 Å². The molecule has 0 amide bonds. The van der Waals surface area contributed by atoms with Gasteiger partial charge in [0.1, 0.15) is 0 Å². The van der Waals surface area contributed by atoms with Crippen LogP contribution in [-0.4, -0.2) is 47.4 Å². The van der Waals surface area contributed by atoms with Gasteiger partial charge >= 0.3 is 0 Å². The van der Waals surface area contributed by atoms with E-state index in [1.165, 1.54) is 19.4 Å². The zero-order valence-electron chi connectivity index (χ0n) is 10.2. The Morgan fingerprint density at radius 3 is 2.82 bits per heavy atom. The lowest BCUT2D eigenvalue weighted by atomic mass is 10.2. The van der Waals surface area contributed by atoms with Gasteiger partial charge in [0.05, 0.1) is 6.54 Å². The molecule has 0 bridgehead atoms. The smallest absolute Gasteiger partial charge is 0.0536 e. The molecule has 0 aliphatic carbocycles. The van der Waals surface area contributed by atoms with Crippen molar-refractivity contribution in [3.8, 4) is 0 Å². The first kappa shape index (κ1) is 16.7. The highest BCUT2D eigenvalue weighted by molar-refractivity contribution is 5.85. The van der Waals surface area contributed by atoms with Gasteiger partial charge in [-0.25, -0.2) is 0 Å². The van der Waals surface area contributed by atoms with Crippen molar-refractivity contribution in [1.29, 1.82) is 0 Å². The van der Waals surface area contributed by atoms with Crippen molar-refractivity contribution in [2.75, 3.05) is 26.7 Å². The SMILES string of the molecule is CNCC1CCCN1CCn1cccn1.Cl.Cl. The number of rotatable bonds is 5. The second kappa shape index (κ2) is 8.75. The molecule has 1 saturated heterocycles. The monoisotopic (exact) mass is 280 g/mol. The first-order valence-electron chi connectivity index (χ1n) is 5.76. The summed E-state index contributed by atoms with van der Waals surface area (Å²) < 4.78 is 2.01. The van der Waals surface area contributed by atoms with Gasteiger partial charge in [-0.3, -0.25) is 9.58 Å². The fourth-order valence-corrected chi connectivity index (χ4v) is 2.32. The molecule has 6 heteroatoms. The highest BCUT2D eigenvalue weighted by atomic mass is 35.5. The van der Waals surface area contributed by atoms with Crippen molar-refractivity contribution >= 4 is 24.8 Å². The number of likely N-dealkylation sites (tertiary alicyclic amines) is 1. The van der Waals surface area contributed by atoms with Gasteiger partial charge in [-0.05, 0) is 32.5 Å². The third-order valence-electron chi connectivity index (χ3n) is 3.11. The third-order valence-corrected chi connectivity index (χ3v) is 3.11. The minimum atomic E-state index is 0. The molecule has 1 fully saturated rings. The zero-order chi connectivity index (χ0) is 10.5. The standard InChI is InChI=1S/C11H20N4.2ClH/c1-12-10-11-4-2-6-14(11)8-9-15-7-3-5-13-15;;/h3,5,7,11-12H,2,4,6,8-10H2,1H3;2*1H. The van der Waals surface area contributed by atoms with Crippen molar-refractivity contribution in [1.82, 2.24) is 20.0 Å². The van der Waals surface area contributed by atoms with Crippen molar-refractivity contribution in [2.24, 2.45) is 0 Å². The number of aromatic nitrogens is 2. The normalized spacial score (nSPS) is 19.7. The Morgan fingerprint density at radius 1 is 1.35 bits per heavy atom. The van der Waals surface area contributed by atoms with E-state index in [0.29, 0.717) is 0 Å². The van der Waals surface area contributed by atoms with Gasteiger partial charge in [-0.2, -0.15) is 5.10 Å². The first-order chi connectivity index (χ1) is 7.40. The number of hydrogen-bond donors (Lipinski definition) is 1. The summed E-state index contributed by atoms with van der Waals surface area (Å²) in [5, 5.41) is 7.49. The van der Waals surface area contributed by atoms with E-state index in [1.54, 1.807) is 0 Å². The van der Waals surface area contributed by atoms with E-state index in [0.717, 1.165) is 25.7 Å². The molecule has 1 aliphatic heterocycles. The van der Waals surface area contributed by atoms with E-state index in [2.05, 4.69) is 15.3 Å². The van der Waals surface area contributed by atoms with Crippen LogP contribution in [0.1, 0.15) is 12.8 Å². The molecule has 1 unspecified atom stereocenters. The number of nitrogens with zero attached hydrogens (tertiary/aromatic N) is 3. The Kier molecular flexibility index (Phi) is 8.60. The molecule has 0 spiro atoms. The lowest BCUT2D eigenvalue weighted by Gasteiger charge is -2.23. The van der Waals surface area contributed by atoms with Crippen molar-refractivity contribution < 1.29 is 0 Å². The molecule has 0 saturated carbocycles. The van der Waals surface area contributed by atoms with Crippen LogP contribution in [0.2, 0.25) is 0 Å². The molecular formula is C11H22Cl2N4. The Balaban J connectivity index is 0.00000128. The van der Waals surface area contributed by atoms with Gasteiger partial charge < -0.3 is 5.32 Å². The average molecular weight is 281 g/mol. The Morgan fingerprint density at radius 2 is 2.18 bits per heavy atom. The topological polar surface area (TPSA) is 33.1 Å². The molecule has 0 radical (unpaired) electrons. The molecule has 0 aromatic carbocycles. The summed E-state index contributed by atoms with van der Waals surface area (Å²) in [6, 6.07) is 2.71. The molecule has 2 rings (SSSR count). The fraction of sp³-hybridized carbons (Fsp3) is 0.727. The van der Waals surface area contributed by atoms with E-state index in [-0.39, 0.29) is 24.8 Å². The number of nitrogens with one attached hydrogen (secondary N) is 1. The van der Waals surface area contributed by atoms with Crippen LogP contribution >= 0.6 is 24.8 Å². The minimum absolute atomic E-state index is 0. The van der Waals surface area contributed by atoms with Crippen molar-refractivity contribution in [3.05, 3.63) is 18.5 Å². The van der Waals surface area contributed by atoms with E-state index in [9.17, 15) is 0 Å². The van der Waals surface area contributed by atoms with Crippen LogP contribution in [0.15, 0.2) is 18.5 Å². The second-order valence-corrected chi connectivity index (χ2v) is 4.16. The maximum atomic E-state index is 4.22. The largest absolute Gasteiger partial charge is 0.318 e. The number of hydrogen-bond acceptors (Lipinski definition) is 3. The molecule has 1 aliphatic rings. The minimum Gasteiger partial charge on any atom is -0.318 e. The van der Waals surface area contributed by atoms with Gasteiger partial charge in [0.2, 0.25) is 0 Å². The summed E-state index contributed by atoms with van der Waals surface area (Å²) in [6.45, 7) is 4.48. The van der Waals surface area contributed by atoms with Crippen LogP contribution in [-0.2, 0) is 6.54 Å². The molecule has 1 aromatic heterocycles. The highest BCUT2D eigenvalue weighted by Gasteiger charge is 2.22. The summed E-state index contributed by atoms with van der Waals surface area (Å²) in [6.07, 6.45) is 6.55. The first-order valence-corrected chi connectivity index (χ1v) is 5.76. The lowest BCUT2D eigenvalue weighted by molar-refractivity contribution is 0.237. The van der Waals surface area contributed by atoms with Crippen LogP contribution in [0, 0.1) is 0 Å². The Labute approximate surface area is 116 Å². The maximum absolute atomic E-state index is 4.22. The summed E-state index contributed by atoms with van der Waals surface area (Å²) in [7, 11) is 2.03. The lowest BCUT2D eigenvalue weighted by Crippen LogP contribution is -2.38.